The molecule has 1 aromatic carbocycles. The van der Waals surface area contributed by atoms with E-state index < -0.39 is 10.0 Å². The normalized spacial score (nSPS) is 17.7. The van der Waals surface area contributed by atoms with E-state index in [0.717, 1.165) is 25.9 Å². The van der Waals surface area contributed by atoms with Gasteiger partial charge in [0.25, 0.3) is 0 Å². The average molecular weight is 414 g/mol. The summed E-state index contributed by atoms with van der Waals surface area (Å²) in [5.41, 5.74) is -0.131. The maximum absolute atomic E-state index is 12.4. The fourth-order valence-corrected chi connectivity index (χ4v) is 4.78. The number of hydrogen-bond donors (Lipinski definition) is 2. The molecular formula is C14H22BrClN2O3S. The van der Waals surface area contributed by atoms with Crippen LogP contribution in [-0.4, -0.2) is 41.8 Å². The standard InChI is InChI=1S/C14H21BrN2O3S.ClH/c1-20-11-14(6-8-16-9-7-14)10-17-21(18,19)13-5-3-2-4-12(13)15;/h2-5,16-17H,6-11H2,1H3;1H. The number of sulfonamides is 1. The molecule has 126 valence electrons. The van der Waals surface area contributed by atoms with Crippen molar-refractivity contribution >= 4 is 38.4 Å². The van der Waals surface area contributed by atoms with Crippen LogP contribution in [0.3, 0.4) is 0 Å². The van der Waals surface area contributed by atoms with Gasteiger partial charge in [-0.2, -0.15) is 0 Å². The number of hydrogen-bond acceptors (Lipinski definition) is 4. The largest absolute Gasteiger partial charge is 0.384 e. The Morgan fingerprint density at radius 3 is 2.55 bits per heavy atom. The summed E-state index contributed by atoms with van der Waals surface area (Å²) < 4.78 is 33.5. The van der Waals surface area contributed by atoms with Crippen molar-refractivity contribution in [1.29, 1.82) is 0 Å². The van der Waals surface area contributed by atoms with E-state index in [4.69, 9.17) is 4.74 Å². The summed E-state index contributed by atoms with van der Waals surface area (Å²) in [6.45, 7) is 2.74. The van der Waals surface area contributed by atoms with Gasteiger partial charge in [0.15, 0.2) is 0 Å². The molecule has 1 heterocycles. The lowest BCUT2D eigenvalue weighted by molar-refractivity contribution is 0.0577. The average Bonchev–Trinajstić information content (AvgIpc) is 2.47. The van der Waals surface area contributed by atoms with E-state index in [9.17, 15) is 8.42 Å². The molecule has 2 N–H and O–H groups in total. The van der Waals surface area contributed by atoms with Crippen LogP contribution >= 0.6 is 28.3 Å². The molecule has 0 aromatic heterocycles. The third-order valence-electron chi connectivity index (χ3n) is 3.88. The van der Waals surface area contributed by atoms with Gasteiger partial charge in [-0.25, -0.2) is 13.1 Å². The van der Waals surface area contributed by atoms with E-state index in [0.29, 0.717) is 17.6 Å². The molecule has 0 saturated carbocycles. The van der Waals surface area contributed by atoms with Crippen LogP contribution in [0, 0.1) is 5.41 Å². The molecule has 1 aliphatic rings. The Morgan fingerprint density at radius 2 is 1.95 bits per heavy atom. The summed E-state index contributed by atoms with van der Waals surface area (Å²) in [7, 11) is -1.86. The molecule has 0 aliphatic carbocycles. The third kappa shape index (κ3) is 4.91. The molecule has 0 unspecified atom stereocenters. The van der Waals surface area contributed by atoms with Gasteiger partial charge in [0, 0.05) is 23.5 Å². The zero-order valence-corrected chi connectivity index (χ0v) is 15.7. The van der Waals surface area contributed by atoms with Crippen LogP contribution in [0.15, 0.2) is 33.6 Å². The second kappa shape index (κ2) is 8.61. The first kappa shape index (κ1) is 19.9. The van der Waals surface area contributed by atoms with Gasteiger partial charge in [-0.1, -0.05) is 12.1 Å². The highest BCUT2D eigenvalue weighted by Crippen LogP contribution is 2.29. The fourth-order valence-electron chi connectivity index (χ4n) is 2.62. The molecule has 1 saturated heterocycles. The van der Waals surface area contributed by atoms with Crippen molar-refractivity contribution in [1.82, 2.24) is 10.0 Å². The van der Waals surface area contributed by atoms with E-state index >= 15 is 0 Å². The highest BCUT2D eigenvalue weighted by Gasteiger charge is 2.33. The first-order valence-electron chi connectivity index (χ1n) is 6.93. The summed E-state index contributed by atoms with van der Waals surface area (Å²) in [6, 6.07) is 6.83. The number of nitrogens with one attached hydrogen (secondary N) is 2. The van der Waals surface area contributed by atoms with Crippen molar-refractivity contribution in [3.8, 4) is 0 Å². The lowest BCUT2D eigenvalue weighted by Gasteiger charge is -2.37. The highest BCUT2D eigenvalue weighted by molar-refractivity contribution is 9.10. The van der Waals surface area contributed by atoms with Gasteiger partial charge in [0.1, 0.15) is 0 Å². The number of piperidine rings is 1. The molecule has 1 aliphatic heterocycles. The maximum Gasteiger partial charge on any atom is 0.241 e. The van der Waals surface area contributed by atoms with E-state index in [-0.39, 0.29) is 22.7 Å². The van der Waals surface area contributed by atoms with E-state index in [1.165, 1.54) is 0 Å². The number of halogens is 2. The van der Waals surface area contributed by atoms with E-state index in [1.807, 2.05) is 0 Å². The topological polar surface area (TPSA) is 67.4 Å². The summed E-state index contributed by atoms with van der Waals surface area (Å²) >= 11 is 3.29. The van der Waals surface area contributed by atoms with Gasteiger partial charge in [0.2, 0.25) is 10.0 Å². The van der Waals surface area contributed by atoms with Crippen LogP contribution in [0.25, 0.3) is 0 Å². The summed E-state index contributed by atoms with van der Waals surface area (Å²) in [5.74, 6) is 0. The second-order valence-electron chi connectivity index (χ2n) is 5.44. The third-order valence-corrected chi connectivity index (χ3v) is 6.29. The van der Waals surface area contributed by atoms with Gasteiger partial charge in [-0.3, -0.25) is 0 Å². The maximum atomic E-state index is 12.4. The van der Waals surface area contributed by atoms with Crippen LogP contribution in [0.2, 0.25) is 0 Å². The van der Waals surface area contributed by atoms with Crippen LogP contribution < -0.4 is 10.0 Å². The van der Waals surface area contributed by atoms with E-state index in [2.05, 4.69) is 26.0 Å². The predicted octanol–water partition coefficient (Wildman–Crippen LogP) is 2.17. The molecule has 0 radical (unpaired) electrons. The number of rotatable bonds is 6. The van der Waals surface area contributed by atoms with Gasteiger partial charge >= 0.3 is 0 Å². The summed E-state index contributed by atoms with van der Waals surface area (Å²) in [6.07, 6.45) is 1.80. The lowest BCUT2D eigenvalue weighted by atomic mass is 9.80. The fraction of sp³-hybridized carbons (Fsp3) is 0.571. The molecule has 0 bridgehead atoms. The minimum atomic E-state index is -3.52. The minimum Gasteiger partial charge on any atom is -0.384 e. The first-order chi connectivity index (χ1) is 9.99. The van der Waals surface area contributed by atoms with Crippen LogP contribution in [0.4, 0.5) is 0 Å². The summed E-state index contributed by atoms with van der Waals surface area (Å²) in [4.78, 5) is 0.270. The SMILES string of the molecule is COCC1(CNS(=O)(=O)c2ccccc2Br)CCNCC1.Cl. The monoisotopic (exact) mass is 412 g/mol. The molecule has 0 amide bonds. The highest BCUT2D eigenvalue weighted by atomic mass is 79.9. The molecule has 5 nitrogen and oxygen atoms in total. The van der Waals surface area contributed by atoms with Gasteiger partial charge < -0.3 is 10.1 Å². The van der Waals surface area contributed by atoms with Crippen molar-refractivity contribution in [3.05, 3.63) is 28.7 Å². The van der Waals surface area contributed by atoms with Crippen LogP contribution in [0.1, 0.15) is 12.8 Å². The smallest absolute Gasteiger partial charge is 0.241 e. The molecule has 0 atom stereocenters. The zero-order chi connectivity index (χ0) is 15.3. The minimum absolute atomic E-state index is 0. The van der Waals surface area contributed by atoms with Gasteiger partial charge in [-0.15, -0.1) is 12.4 Å². The number of methoxy groups -OCH3 is 1. The molecule has 0 spiro atoms. The van der Waals surface area contributed by atoms with Crippen molar-refractivity contribution < 1.29 is 13.2 Å². The van der Waals surface area contributed by atoms with Crippen molar-refractivity contribution in [2.24, 2.45) is 5.41 Å². The van der Waals surface area contributed by atoms with Crippen molar-refractivity contribution in [2.45, 2.75) is 17.7 Å². The van der Waals surface area contributed by atoms with Crippen molar-refractivity contribution in [3.63, 3.8) is 0 Å². The van der Waals surface area contributed by atoms with Gasteiger partial charge in [-0.05, 0) is 54.0 Å². The zero-order valence-electron chi connectivity index (χ0n) is 12.5. The Bertz CT molecular complexity index is 572. The van der Waals surface area contributed by atoms with Crippen LogP contribution in [0.5, 0.6) is 0 Å². The number of ether oxygens (including phenoxy) is 1. The molecule has 1 fully saturated rings. The van der Waals surface area contributed by atoms with E-state index in [1.54, 1.807) is 31.4 Å². The molecule has 1 aromatic rings. The lowest BCUT2D eigenvalue weighted by Crippen LogP contribution is -2.47. The van der Waals surface area contributed by atoms with Crippen LogP contribution in [-0.2, 0) is 14.8 Å². The molecule has 2 rings (SSSR count). The Hall–Kier alpha value is -0.180. The Balaban J connectivity index is 0.00000242. The Morgan fingerprint density at radius 1 is 1.32 bits per heavy atom. The van der Waals surface area contributed by atoms with Gasteiger partial charge in [0.05, 0.1) is 11.5 Å². The number of benzene rings is 1. The second-order valence-corrected chi connectivity index (χ2v) is 8.03. The first-order valence-corrected chi connectivity index (χ1v) is 9.21. The molecule has 8 heteroatoms. The summed E-state index contributed by atoms with van der Waals surface area (Å²) in [5, 5.41) is 3.30. The van der Waals surface area contributed by atoms with Crippen molar-refractivity contribution in [2.75, 3.05) is 33.4 Å². The quantitative estimate of drug-likeness (QED) is 0.750. The molecule has 22 heavy (non-hydrogen) atoms. The predicted molar refractivity (Wildman–Crippen MR) is 93.0 cm³/mol. The molecular weight excluding hydrogens is 392 g/mol. The Labute approximate surface area is 146 Å². The Kier molecular flexibility index (Phi) is 7.78.